The minimum absolute atomic E-state index is 0.0829. The predicted molar refractivity (Wildman–Crippen MR) is 123 cm³/mol. The molecule has 0 atom stereocenters. The summed E-state index contributed by atoms with van der Waals surface area (Å²) in [5.41, 5.74) is 3.58. The monoisotopic (exact) mass is 422 g/mol. The smallest absolute Gasteiger partial charge is 0.258 e. The maximum absolute atomic E-state index is 12.5. The number of fused-ring (bicyclic) bond motifs is 1. The van der Waals surface area contributed by atoms with Crippen molar-refractivity contribution in [2.24, 2.45) is 0 Å². The lowest BCUT2D eigenvalue weighted by Gasteiger charge is -2.26. The van der Waals surface area contributed by atoms with E-state index in [1.165, 1.54) is 17.1 Å². The van der Waals surface area contributed by atoms with Gasteiger partial charge in [-0.05, 0) is 36.2 Å². The first-order chi connectivity index (χ1) is 14.6. The molecule has 4 rings (SSSR count). The van der Waals surface area contributed by atoms with E-state index >= 15 is 0 Å². The van der Waals surface area contributed by atoms with Gasteiger partial charge in [0.25, 0.3) is 5.56 Å². The second-order valence-electron chi connectivity index (χ2n) is 7.62. The van der Waals surface area contributed by atoms with Gasteiger partial charge in [0.05, 0.1) is 10.9 Å². The van der Waals surface area contributed by atoms with Crippen LogP contribution in [-0.2, 0) is 17.8 Å². The highest BCUT2D eigenvalue weighted by Gasteiger charge is 2.13. The number of para-hydroxylation sites is 1. The number of carbonyl (C=O) groups is 1. The molecule has 6 nitrogen and oxygen atoms in total. The molecule has 7 heteroatoms. The molecule has 1 aromatic heterocycles. The van der Waals surface area contributed by atoms with Crippen LogP contribution in [0.25, 0.3) is 10.9 Å². The standard InChI is InChI=1S/C23H26N4O2S/c1-16-6-7-17(15-27-10-12-30-13-11-27)14-20(16)25-22(28)9-8-21-24-19-5-3-2-4-18(19)23(29)26-21/h2-7,14H,8-13,15H2,1H3,(H,25,28)(H,24,26,29). The first-order valence-electron chi connectivity index (χ1n) is 10.3. The molecule has 1 saturated heterocycles. The lowest BCUT2D eigenvalue weighted by Crippen LogP contribution is -2.32. The number of aryl methyl sites for hydroxylation is 2. The minimum Gasteiger partial charge on any atom is -0.326 e. The van der Waals surface area contributed by atoms with Crippen LogP contribution in [0, 0.1) is 6.92 Å². The molecule has 0 bridgehead atoms. The highest BCUT2D eigenvalue weighted by Crippen LogP contribution is 2.20. The van der Waals surface area contributed by atoms with Gasteiger partial charge in [0, 0.05) is 49.7 Å². The molecule has 30 heavy (non-hydrogen) atoms. The normalized spacial score (nSPS) is 14.7. The molecule has 156 valence electrons. The van der Waals surface area contributed by atoms with Gasteiger partial charge in [0.15, 0.2) is 0 Å². The number of H-pyrrole nitrogens is 1. The number of amides is 1. The Morgan fingerprint density at radius 1 is 1.20 bits per heavy atom. The molecule has 2 heterocycles. The topological polar surface area (TPSA) is 78.1 Å². The number of nitrogens with zero attached hydrogens (tertiary/aromatic N) is 2. The maximum Gasteiger partial charge on any atom is 0.258 e. The van der Waals surface area contributed by atoms with E-state index < -0.39 is 0 Å². The van der Waals surface area contributed by atoms with Gasteiger partial charge in [0.1, 0.15) is 5.82 Å². The van der Waals surface area contributed by atoms with Crippen molar-refractivity contribution in [3.63, 3.8) is 0 Å². The van der Waals surface area contributed by atoms with Crippen LogP contribution in [0.3, 0.4) is 0 Å². The molecular formula is C23H26N4O2S. The van der Waals surface area contributed by atoms with Gasteiger partial charge in [-0.2, -0.15) is 11.8 Å². The average molecular weight is 423 g/mol. The number of hydrogen-bond donors (Lipinski definition) is 2. The van der Waals surface area contributed by atoms with E-state index in [9.17, 15) is 9.59 Å². The number of carbonyl (C=O) groups excluding carboxylic acids is 1. The summed E-state index contributed by atoms with van der Waals surface area (Å²) in [6, 6.07) is 13.5. The summed E-state index contributed by atoms with van der Waals surface area (Å²) in [6.45, 7) is 5.12. The SMILES string of the molecule is Cc1ccc(CN2CCSCC2)cc1NC(=O)CCc1nc2ccccc2c(=O)[nH]1. The Kier molecular flexibility index (Phi) is 6.50. The number of rotatable bonds is 6. The number of nitrogens with one attached hydrogen (secondary N) is 2. The van der Waals surface area contributed by atoms with Crippen molar-refractivity contribution in [1.29, 1.82) is 0 Å². The molecule has 0 spiro atoms. The Morgan fingerprint density at radius 2 is 2.00 bits per heavy atom. The van der Waals surface area contributed by atoms with Crippen LogP contribution in [0.2, 0.25) is 0 Å². The van der Waals surface area contributed by atoms with Gasteiger partial charge in [0.2, 0.25) is 5.91 Å². The Balaban J connectivity index is 1.39. The lowest BCUT2D eigenvalue weighted by atomic mass is 10.1. The Hall–Kier alpha value is -2.64. The van der Waals surface area contributed by atoms with Crippen molar-refractivity contribution < 1.29 is 4.79 Å². The summed E-state index contributed by atoms with van der Waals surface area (Å²) in [5, 5.41) is 3.59. The molecule has 2 aromatic carbocycles. The second-order valence-corrected chi connectivity index (χ2v) is 8.84. The molecule has 0 unspecified atom stereocenters. The van der Waals surface area contributed by atoms with Crippen LogP contribution in [0.5, 0.6) is 0 Å². The third-order valence-electron chi connectivity index (χ3n) is 5.34. The molecule has 0 aliphatic carbocycles. The average Bonchev–Trinajstić information content (AvgIpc) is 2.75. The molecule has 0 radical (unpaired) electrons. The van der Waals surface area contributed by atoms with Crippen molar-refractivity contribution in [3.05, 3.63) is 69.8 Å². The Morgan fingerprint density at radius 3 is 2.83 bits per heavy atom. The van der Waals surface area contributed by atoms with E-state index in [2.05, 4.69) is 38.4 Å². The zero-order chi connectivity index (χ0) is 20.9. The van der Waals surface area contributed by atoms with Crippen LogP contribution >= 0.6 is 11.8 Å². The van der Waals surface area contributed by atoms with Crippen LogP contribution < -0.4 is 10.9 Å². The number of anilines is 1. The van der Waals surface area contributed by atoms with Gasteiger partial charge in [-0.15, -0.1) is 0 Å². The number of hydrogen-bond acceptors (Lipinski definition) is 5. The van der Waals surface area contributed by atoms with Crippen molar-refractivity contribution >= 4 is 34.3 Å². The first kappa shape index (κ1) is 20.6. The molecule has 1 fully saturated rings. The summed E-state index contributed by atoms with van der Waals surface area (Å²) in [5.74, 6) is 2.81. The third kappa shape index (κ3) is 5.09. The van der Waals surface area contributed by atoms with E-state index in [1.54, 1.807) is 6.07 Å². The molecule has 3 aromatic rings. The molecule has 0 saturated carbocycles. The van der Waals surface area contributed by atoms with Crippen molar-refractivity contribution in [1.82, 2.24) is 14.9 Å². The van der Waals surface area contributed by atoms with Gasteiger partial charge >= 0.3 is 0 Å². The zero-order valence-corrected chi connectivity index (χ0v) is 17.9. The quantitative estimate of drug-likeness (QED) is 0.637. The fourth-order valence-corrected chi connectivity index (χ4v) is 4.60. The first-order valence-corrected chi connectivity index (χ1v) is 11.4. The summed E-state index contributed by atoms with van der Waals surface area (Å²) < 4.78 is 0. The zero-order valence-electron chi connectivity index (χ0n) is 17.1. The largest absolute Gasteiger partial charge is 0.326 e. The van der Waals surface area contributed by atoms with Crippen LogP contribution in [-0.4, -0.2) is 45.4 Å². The van der Waals surface area contributed by atoms with E-state index in [4.69, 9.17) is 0 Å². The maximum atomic E-state index is 12.5. The summed E-state index contributed by atoms with van der Waals surface area (Å²) in [6.07, 6.45) is 0.643. The van der Waals surface area contributed by atoms with Crippen LogP contribution in [0.15, 0.2) is 47.3 Å². The fraction of sp³-hybridized carbons (Fsp3) is 0.348. The van der Waals surface area contributed by atoms with Crippen LogP contribution in [0.4, 0.5) is 5.69 Å². The summed E-state index contributed by atoms with van der Waals surface area (Å²) in [4.78, 5) is 34.4. The number of thioether (sulfide) groups is 1. The number of benzene rings is 2. The molecule has 1 aliphatic heterocycles. The van der Waals surface area contributed by atoms with E-state index in [1.807, 2.05) is 36.9 Å². The third-order valence-corrected chi connectivity index (χ3v) is 6.28. The summed E-state index contributed by atoms with van der Waals surface area (Å²) >= 11 is 2.00. The fourth-order valence-electron chi connectivity index (χ4n) is 3.62. The highest BCUT2D eigenvalue weighted by atomic mass is 32.2. The van der Waals surface area contributed by atoms with Crippen molar-refractivity contribution in [2.75, 3.05) is 29.9 Å². The molecule has 1 aliphatic rings. The number of aromatic amines is 1. The molecule has 2 N–H and O–H groups in total. The van der Waals surface area contributed by atoms with E-state index in [-0.39, 0.29) is 17.9 Å². The van der Waals surface area contributed by atoms with Crippen molar-refractivity contribution in [2.45, 2.75) is 26.3 Å². The lowest BCUT2D eigenvalue weighted by molar-refractivity contribution is -0.116. The molecular weight excluding hydrogens is 396 g/mol. The van der Waals surface area contributed by atoms with E-state index in [0.717, 1.165) is 30.9 Å². The Bertz CT molecular complexity index is 1110. The van der Waals surface area contributed by atoms with Gasteiger partial charge in [-0.3, -0.25) is 14.5 Å². The highest BCUT2D eigenvalue weighted by molar-refractivity contribution is 7.99. The number of aromatic nitrogens is 2. The minimum atomic E-state index is -0.171. The Labute approximate surface area is 180 Å². The van der Waals surface area contributed by atoms with Gasteiger partial charge < -0.3 is 10.3 Å². The molecule has 1 amide bonds. The van der Waals surface area contributed by atoms with Gasteiger partial charge in [-0.1, -0.05) is 24.3 Å². The second kappa shape index (κ2) is 9.45. The van der Waals surface area contributed by atoms with Gasteiger partial charge in [-0.25, -0.2) is 4.98 Å². The van der Waals surface area contributed by atoms with Crippen molar-refractivity contribution in [3.8, 4) is 0 Å². The summed E-state index contributed by atoms with van der Waals surface area (Å²) in [7, 11) is 0. The predicted octanol–water partition coefficient (Wildman–Crippen LogP) is 3.35. The van der Waals surface area contributed by atoms with E-state index in [0.29, 0.717) is 23.1 Å². The van der Waals surface area contributed by atoms with Crippen LogP contribution in [0.1, 0.15) is 23.4 Å².